The van der Waals surface area contributed by atoms with Crippen molar-refractivity contribution in [1.29, 1.82) is 0 Å². The fourth-order valence-electron chi connectivity index (χ4n) is 1.51. The molecule has 0 aromatic carbocycles. The standard InChI is InChI=1S/C12H15N5/c1-17(9-10-3-2-6-14-8-10)12-5-4-11(7-13)15-16-12/h2-6,8H,7,9,13H2,1H3. The zero-order chi connectivity index (χ0) is 12.1. The molecule has 2 N–H and O–H groups in total. The molecule has 0 aliphatic rings. The molecule has 2 rings (SSSR count). The van der Waals surface area contributed by atoms with Crippen LogP contribution in [0.3, 0.4) is 0 Å². The zero-order valence-electron chi connectivity index (χ0n) is 9.74. The minimum atomic E-state index is 0.416. The quantitative estimate of drug-likeness (QED) is 0.846. The van der Waals surface area contributed by atoms with Gasteiger partial charge in [0.25, 0.3) is 0 Å². The summed E-state index contributed by atoms with van der Waals surface area (Å²) in [6, 6.07) is 7.77. The summed E-state index contributed by atoms with van der Waals surface area (Å²) in [6.07, 6.45) is 3.61. The Bertz CT molecular complexity index is 454. The van der Waals surface area contributed by atoms with Gasteiger partial charge in [-0.2, -0.15) is 5.10 Å². The predicted molar refractivity (Wildman–Crippen MR) is 66.3 cm³/mol. The Kier molecular flexibility index (Phi) is 3.62. The molecule has 0 atom stereocenters. The van der Waals surface area contributed by atoms with Crippen molar-refractivity contribution in [2.75, 3.05) is 11.9 Å². The van der Waals surface area contributed by atoms with Gasteiger partial charge in [-0.05, 0) is 23.8 Å². The number of nitrogens with two attached hydrogens (primary N) is 1. The molecule has 5 heteroatoms. The Morgan fingerprint density at radius 3 is 2.71 bits per heavy atom. The van der Waals surface area contributed by atoms with E-state index in [0.717, 1.165) is 23.6 Å². The molecule has 2 aromatic heterocycles. The summed E-state index contributed by atoms with van der Waals surface area (Å²) in [4.78, 5) is 6.10. The summed E-state index contributed by atoms with van der Waals surface area (Å²) < 4.78 is 0. The average Bonchev–Trinajstić information content (AvgIpc) is 2.40. The smallest absolute Gasteiger partial charge is 0.151 e. The van der Waals surface area contributed by atoms with E-state index in [0.29, 0.717) is 6.54 Å². The Morgan fingerprint density at radius 1 is 1.24 bits per heavy atom. The molecular formula is C12H15N5. The van der Waals surface area contributed by atoms with Crippen LogP contribution >= 0.6 is 0 Å². The van der Waals surface area contributed by atoms with Gasteiger partial charge in [-0.3, -0.25) is 4.98 Å². The van der Waals surface area contributed by atoms with Crippen molar-refractivity contribution in [1.82, 2.24) is 15.2 Å². The minimum Gasteiger partial charge on any atom is -0.354 e. The van der Waals surface area contributed by atoms with Gasteiger partial charge in [-0.1, -0.05) is 6.07 Å². The Balaban J connectivity index is 2.06. The van der Waals surface area contributed by atoms with Crippen molar-refractivity contribution in [3.63, 3.8) is 0 Å². The molecule has 2 heterocycles. The minimum absolute atomic E-state index is 0.416. The molecule has 5 nitrogen and oxygen atoms in total. The molecule has 0 fully saturated rings. The largest absolute Gasteiger partial charge is 0.354 e. The van der Waals surface area contributed by atoms with E-state index in [2.05, 4.69) is 15.2 Å². The first kappa shape index (κ1) is 11.5. The van der Waals surface area contributed by atoms with Crippen molar-refractivity contribution in [3.8, 4) is 0 Å². The third-order valence-corrected chi connectivity index (χ3v) is 2.45. The van der Waals surface area contributed by atoms with E-state index in [9.17, 15) is 0 Å². The second kappa shape index (κ2) is 5.36. The number of nitrogens with zero attached hydrogens (tertiary/aromatic N) is 4. The van der Waals surface area contributed by atoms with Crippen molar-refractivity contribution in [2.24, 2.45) is 5.73 Å². The van der Waals surface area contributed by atoms with E-state index < -0.39 is 0 Å². The predicted octanol–water partition coefficient (Wildman–Crippen LogP) is 0.967. The van der Waals surface area contributed by atoms with Gasteiger partial charge >= 0.3 is 0 Å². The normalized spacial score (nSPS) is 10.2. The number of hydrogen-bond acceptors (Lipinski definition) is 5. The summed E-state index contributed by atoms with van der Waals surface area (Å²) in [7, 11) is 1.97. The third-order valence-electron chi connectivity index (χ3n) is 2.45. The number of hydrogen-bond donors (Lipinski definition) is 1. The van der Waals surface area contributed by atoms with Gasteiger partial charge in [0.2, 0.25) is 0 Å². The van der Waals surface area contributed by atoms with Crippen LogP contribution in [0.25, 0.3) is 0 Å². The van der Waals surface area contributed by atoms with Crippen LogP contribution in [-0.2, 0) is 13.1 Å². The number of aromatic nitrogens is 3. The van der Waals surface area contributed by atoms with Crippen LogP contribution < -0.4 is 10.6 Å². The Labute approximate surface area is 100 Å². The van der Waals surface area contributed by atoms with E-state index in [1.54, 1.807) is 6.20 Å². The second-order valence-corrected chi connectivity index (χ2v) is 3.80. The van der Waals surface area contributed by atoms with Crippen molar-refractivity contribution in [2.45, 2.75) is 13.1 Å². The van der Waals surface area contributed by atoms with Gasteiger partial charge in [0, 0.05) is 32.5 Å². The molecule has 2 aromatic rings. The van der Waals surface area contributed by atoms with E-state index in [-0.39, 0.29) is 0 Å². The van der Waals surface area contributed by atoms with Gasteiger partial charge in [0.1, 0.15) is 0 Å². The lowest BCUT2D eigenvalue weighted by molar-refractivity contribution is 0.834. The molecule has 17 heavy (non-hydrogen) atoms. The lowest BCUT2D eigenvalue weighted by Gasteiger charge is -2.17. The van der Waals surface area contributed by atoms with Crippen LogP contribution in [-0.4, -0.2) is 22.2 Å². The fourth-order valence-corrected chi connectivity index (χ4v) is 1.51. The van der Waals surface area contributed by atoms with Gasteiger partial charge in [0.05, 0.1) is 5.69 Å². The highest BCUT2D eigenvalue weighted by molar-refractivity contribution is 5.37. The van der Waals surface area contributed by atoms with E-state index in [1.165, 1.54) is 0 Å². The molecule has 0 saturated heterocycles. The monoisotopic (exact) mass is 229 g/mol. The fraction of sp³-hybridized carbons (Fsp3) is 0.250. The van der Waals surface area contributed by atoms with Gasteiger partial charge in [-0.25, -0.2) is 0 Å². The number of pyridine rings is 1. The molecule has 0 aliphatic carbocycles. The van der Waals surface area contributed by atoms with Crippen LogP contribution in [0, 0.1) is 0 Å². The lowest BCUT2D eigenvalue weighted by atomic mass is 10.2. The number of rotatable bonds is 4. The van der Waals surface area contributed by atoms with Gasteiger partial charge < -0.3 is 10.6 Å². The van der Waals surface area contributed by atoms with Crippen molar-refractivity contribution >= 4 is 5.82 Å². The summed E-state index contributed by atoms with van der Waals surface area (Å²) in [5, 5.41) is 8.15. The maximum atomic E-state index is 5.48. The highest BCUT2D eigenvalue weighted by atomic mass is 15.2. The molecule has 0 radical (unpaired) electrons. The summed E-state index contributed by atoms with van der Waals surface area (Å²) >= 11 is 0. The molecule has 0 spiro atoms. The first-order valence-corrected chi connectivity index (χ1v) is 5.42. The molecule has 0 amide bonds. The first-order valence-electron chi connectivity index (χ1n) is 5.42. The molecule has 0 aliphatic heterocycles. The van der Waals surface area contributed by atoms with Crippen LogP contribution in [0.4, 0.5) is 5.82 Å². The maximum Gasteiger partial charge on any atom is 0.151 e. The Hall–Kier alpha value is -2.01. The van der Waals surface area contributed by atoms with Gasteiger partial charge in [-0.15, -0.1) is 5.10 Å². The molecule has 0 bridgehead atoms. The average molecular weight is 229 g/mol. The molecule has 0 unspecified atom stereocenters. The molecule has 88 valence electrons. The SMILES string of the molecule is CN(Cc1cccnc1)c1ccc(CN)nn1. The van der Waals surface area contributed by atoms with Crippen LogP contribution in [0.2, 0.25) is 0 Å². The van der Waals surface area contributed by atoms with E-state index in [1.807, 2.05) is 42.4 Å². The molecule has 0 saturated carbocycles. The van der Waals surface area contributed by atoms with Crippen LogP contribution in [0.1, 0.15) is 11.3 Å². The second-order valence-electron chi connectivity index (χ2n) is 3.80. The maximum absolute atomic E-state index is 5.48. The topological polar surface area (TPSA) is 67.9 Å². The van der Waals surface area contributed by atoms with Crippen LogP contribution in [0.15, 0.2) is 36.7 Å². The summed E-state index contributed by atoms with van der Waals surface area (Å²) in [6.45, 7) is 1.17. The lowest BCUT2D eigenvalue weighted by Crippen LogP contribution is -2.18. The number of anilines is 1. The highest BCUT2D eigenvalue weighted by Gasteiger charge is 2.04. The first-order chi connectivity index (χ1) is 8.29. The van der Waals surface area contributed by atoms with Gasteiger partial charge in [0.15, 0.2) is 5.82 Å². The Morgan fingerprint density at radius 2 is 2.12 bits per heavy atom. The van der Waals surface area contributed by atoms with Crippen molar-refractivity contribution in [3.05, 3.63) is 47.9 Å². The van der Waals surface area contributed by atoms with Crippen molar-refractivity contribution < 1.29 is 0 Å². The summed E-state index contributed by atoms with van der Waals surface area (Å²) in [5.41, 5.74) is 7.41. The van der Waals surface area contributed by atoms with Crippen LogP contribution in [0.5, 0.6) is 0 Å². The zero-order valence-corrected chi connectivity index (χ0v) is 9.74. The highest BCUT2D eigenvalue weighted by Crippen LogP contribution is 2.10. The molecular weight excluding hydrogens is 214 g/mol. The van der Waals surface area contributed by atoms with E-state index >= 15 is 0 Å². The summed E-state index contributed by atoms with van der Waals surface area (Å²) in [5.74, 6) is 0.825. The third kappa shape index (κ3) is 2.98. The van der Waals surface area contributed by atoms with E-state index in [4.69, 9.17) is 5.73 Å².